The molecule has 6 nitrogen and oxygen atoms in total. The van der Waals surface area contributed by atoms with Crippen LogP contribution in [0.2, 0.25) is 0 Å². The molecule has 1 saturated heterocycles. The van der Waals surface area contributed by atoms with Crippen molar-refractivity contribution in [3.8, 4) is 0 Å². The zero-order valence-corrected chi connectivity index (χ0v) is 11.5. The summed E-state index contributed by atoms with van der Waals surface area (Å²) >= 11 is 0. The van der Waals surface area contributed by atoms with Gasteiger partial charge in [-0.3, -0.25) is 4.79 Å². The van der Waals surface area contributed by atoms with Crippen LogP contribution < -0.4 is 4.72 Å². The predicted octanol–water partition coefficient (Wildman–Crippen LogP) is -0.217. The first-order valence-electron chi connectivity index (χ1n) is 5.84. The number of rotatable bonds is 4. The van der Waals surface area contributed by atoms with Crippen molar-refractivity contribution >= 4 is 16.1 Å². The monoisotopic (exact) mass is 263 g/mol. The van der Waals surface area contributed by atoms with E-state index in [9.17, 15) is 13.2 Å². The molecule has 1 amide bonds. The first kappa shape index (κ1) is 14.4. The maximum atomic E-state index is 11.6. The van der Waals surface area contributed by atoms with Gasteiger partial charge in [-0.15, -0.1) is 0 Å². The van der Waals surface area contributed by atoms with E-state index >= 15 is 0 Å². The van der Waals surface area contributed by atoms with E-state index in [1.54, 1.807) is 4.90 Å². The molecule has 0 radical (unpaired) electrons. The molecule has 0 saturated carbocycles. The van der Waals surface area contributed by atoms with E-state index in [4.69, 9.17) is 0 Å². The van der Waals surface area contributed by atoms with Gasteiger partial charge >= 0.3 is 0 Å². The number of nitrogens with zero attached hydrogens (tertiary/aromatic N) is 2. The Morgan fingerprint density at radius 3 is 2.29 bits per heavy atom. The third-order valence-electron chi connectivity index (χ3n) is 2.95. The molecule has 0 aromatic heterocycles. The summed E-state index contributed by atoms with van der Waals surface area (Å²) in [5.41, 5.74) is 0. The van der Waals surface area contributed by atoms with Crippen molar-refractivity contribution in [2.24, 2.45) is 0 Å². The number of carbonyl (C=O) groups excluding carboxylic acids is 1. The molecule has 100 valence electrons. The van der Waals surface area contributed by atoms with Gasteiger partial charge in [-0.2, -0.15) is 17.4 Å². The number of nitrogens with one attached hydrogen (secondary N) is 1. The normalized spacial score (nSPS) is 18.7. The minimum absolute atomic E-state index is 0.0664. The van der Waals surface area contributed by atoms with E-state index in [0.717, 1.165) is 4.31 Å². The standard InChI is InChI=1S/C10H21N3O3S/c1-4-10(14)13-7-5-9(6-8-13)11-17(15,16)12(2)3/h9,11H,4-8H2,1-3H3. The molecule has 0 aromatic rings. The van der Waals surface area contributed by atoms with E-state index in [2.05, 4.69) is 4.72 Å². The van der Waals surface area contributed by atoms with E-state index < -0.39 is 10.2 Å². The van der Waals surface area contributed by atoms with Crippen LogP contribution in [0.5, 0.6) is 0 Å². The second-order valence-corrected chi connectivity index (χ2v) is 6.33. The molecule has 1 aliphatic heterocycles. The molecule has 0 aliphatic carbocycles. The minimum atomic E-state index is -3.36. The summed E-state index contributed by atoms with van der Waals surface area (Å²) in [7, 11) is -0.365. The molecule has 1 rings (SSSR count). The van der Waals surface area contributed by atoms with Gasteiger partial charge in [0.1, 0.15) is 0 Å². The highest BCUT2D eigenvalue weighted by Crippen LogP contribution is 2.12. The number of hydrogen-bond acceptors (Lipinski definition) is 3. The van der Waals surface area contributed by atoms with Crippen LogP contribution in [-0.2, 0) is 15.0 Å². The van der Waals surface area contributed by atoms with Crippen molar-refractivity contribution in [3.63, 3.8) is 0 Å². The third kappa shape index (κ3) is 3.93. The fourth-order valence-corrected chi connectivity index (χ4v) is 2.65. The van der Waals surface area contributed by atoms with Crippen molar-refractivity contribution in [1.82, 2.24) is 13.9 Å². The molecule has 7 heteroatoms. The molecular formula is C10H21N3O3S. The van der Waals surface area contributed by atoms with Crippen LogP contribution in [0, 0.1) is 0 Å². The molecule has 0 aromatic carbocycles. The van der Waals surface area contributed by atoms with Crippen molar-refractivity contribution < 1.29 is 13.2 Å². The van der Waals surface area contributed by atoms with Crippen molar-refractivity contribution in [3.05, 3.63) is 0 Å². The smallest absolute Gasteiger partial charge is 0.279 e. The lowest BCUT2D eigenvalue weighted by Gasteiger charge is -2.32. The number of piperidine rings is 1. The topological polar surface area (TPSA) is 69.7 Å². The largest absolute Gasteiger partial charge is 0.343 e. The van der Waals surface area contributed by atoms with Crippen LogP contribution in [0.1, 0.15) is 26.2 Å². The van der Waals surface area contributed by atoms with E-state index in [1.165, 1.54) is 14.1 Å². The average Bonchev–Trinajstić information content (AvgIpc) is 2.28. The number of carbonyl (C=O) groups is 1. The highest BCUT2D eigenvalue weighted by molar-refractivity contribution is 7.87. The third-order valence-corrected chi connectivity index (χ3v) is 4.54. The Labute approximate surface area is 103 Å². The summed E-state index contributed by atoms with van der Waals surface area (Å²) in [6.07, 6.45) is 1.87. The average molecular weight is 263 g/mol. The highest BCUT2D eigenvalue weighted by Gasteiger charge is 2.25. The van der Waals surface area contributed by atoms with E-state index in [0.29, 0.717) is 32.4 Å². The van der Waals surface area contributed by atoms with Gasteiger partial charge in [0.2, 0.25) is 5.91 Å². The SMILES string of the molecule is CCC(=O)N1CCC(NS(=O)(=O)N(C)C)CC1. The van der Waals surface area contributed by atoms with Crippen LogP contribution in [0.4, 0.5) is 0 Å². The molecule has 1 aliphatic rings. The van der Waals surface area contributed by atoms with Gasteiger partial charge in [0.05, 0.1) is 0 Å². The van der Waals surface area contributed by atoms with Gasteiger partial charge in [0.15, 0.2) is 0 Å². The molecule has 17 heavy (non-hydrogen) atoms. The first-order valence-corrected chi connectivity index (χ1v) is 7.28. The van der Waals surface area contributed by atoms with Gasteiger partial charge in [0.25, 0.3) is 10.2 Å². The molecular weight excluding hydrogens is 242 g/mol. The Morgan fingerprint density at radius 2 is 1.88 bits per heavy atom. The second-order valence-electron chi connectivity index (χ2n) is 4.41. The lowest BCUT2D eigenvalue weighted by atomic mass is 10.1. The summed E-state index contributed by atoms with van der Waals surface area (Å²) in [4.78, 5) is 13.2. The Balaban J connectivity index is 2.46. The summed E-state index contributed by atoms with van der Waals surface area (Å²) in [6.45, 7) is 3.10. The maximum Gasteiger partial charge on any atom is 0.279 e. The highest BCUT2D eigenvalue weighted by atomic mass is 32.2. The maximum absolute atomic E-state index is 11.6. The summed E-state index contributed by atoms with van der Waals surface area (Å²) in [5, 5.41) is 0. The quantitative estimate of drug-likeness (QED) is 0.762. The second kappa shape index (κ2) is 5.79. The molecule has 0 unspecified atom stereocenters. The summed E-state index contributed by atoms with van der Waals surface area (Å²) < 4.78 is 27.0. The zero-order chi connectivity index (χ0) is 13.1. The number of hydrogen-bond donors (Lipinski definition) is 1. The Kier molecular flexibility index (Phi) is 4.91. The van der Waals surface area contributed by atoms with Crippen LogP contribution in [0.15, 0.2) is 0 Å². The molecule has 0 atom stereocenters. The predicted molar refractivity (Wildman–Crippen MR) is 65.6 cm³/mol. The van der Waals surface area contributed by atoms with E-state index in [1.807, 2.05) is 6.92 Å². The molecule has 0 spiro atoms. The van der Waals surface area contributed by atoms with Gasteiger partial charge in [-0.1, -0.05) is 6.92 Å². The van der Waals surface area contributed by atoms with Crippen molar-refractivity contribution in [2.45, 2.75) is 32.2 Å². The first-order chi connectivity index (χ1) is 7.86. The Morgan fingerprint density at radius 1 is 1.35 bits per heavy atom. The summed E-state index contributed by atoms with van der Waals surface area (Å²) in [6, 6.07) is -0.0664. The van der Waals surface area contributed by atoms with Gasteiger partial charge in [0, 0.05) is 39.6 Å². The molecule has 0 bridgehead atoms. The van der Waals surface area contributed by atoms with Crippen LogP contribution in [-0.4, -0.2) is 56.8 Å². The van der Waals surface area contributed by atoms with E-state index in [-0.39, 0.29) is 11.9 Å². The molecule has 1 N–H and O–H groups in total. The van der Waals surface area contributed by atoms with Gasteiger partial charge in [-0.05, 0) is 12.8 Å². The van der Waals surface area contributed by atoms with Crippen molar-refractivity contribution in [1.29, 1.82) is 0 Å². The Bertz CT molecular complexity index is 359. The lowest BCUT2D eigenvalue weighted by Crippen LogP contribution is -2.48. The Hall–Kier alpha value is -0.660. The molecule has 1 fully saturated rings. The summed E-state index contributed by atoms with van der Waals surface area (Å²) in [5.74, 6) is 0.138. The fraction of sp³-hybridized carbons (Fsp3) is 0.900. The number of likely N-dealkylation sites (tertiary alicyclic amines) is 1. The fourth-order valence-electron chi connectivity index (χ4n) is 1.79. The lowest BCUT2D eigenvalue weighted by molar-refractivity contribution is -0.131. The van der Waals surface area contributed by atoms with Crippen LogP contribution >= 0.6 is 0 Å². The number of amides is 1. The van der Waals surface area contributed by atoms with Gasteiger partial charge < -0.3 is 4.90 Å². The zero-order valence-electron chi connectivity index (χ0n) is 10.6. The van der Waals surface area contributed by atoms with Crippen LogP contribution in [0.25, 0.3) is 0 Å². The van der Waals surface area contributed by atoms with Gasteiger partial charge in [-0.25, -0.2) is 0 Å². The van der Waals surface area contributed by atoms with Crippen molar-refractivity contribution in [2.75, 3.05) is 27.2 Å². The minimum Gasteiger partial charge on any atom is -0.343 e. The van der Waals surface area contributed by atoms with Crippen LogP contribution in [0.3, 0.4) is 0 Å². The molecule has 1 heterocycles.